The summed E-state index contributed by atoms with van der Waals surface area (Å²) in [5, 5.41) is 40.4. The van der Waals surface area contributed by atoms with Crippen LogP contribution in [0.2, 0.25) is 0 Å². The number of hydrogen-bond acceptors (Lipinski definition) is 7. The largest absolute Gasteiger partial charge is 0.488 e. The number of benzene rings is 2. The monoisotopic (exact) mass is 456 g/mol. The fourth-order valence-electron chi connectivity index (χ4n) is 4.83. The molecule has 2 heterocycles. The Balaban J connectivity index is 1.36. The van der Waals surface area contributed by atoms with E-state index in [2.05, 4.69) is 18.2 Å². The fourth-order valence-corrected chi connectivity index (χ4v) is 4.83. The molecule has 0 bridgehead atoms. The van der Waals surface area contributed by atoms with Gasteiger partial charge in [-0.2, -0.15) is 0 Å². The highest BCUT2D eigenvalue weighted by Gasteiger charge is 2.44. The lowest BCUT2D eigenvalue weighted by Gasteiger charge is -2.40. The summed E-state index contributed by atoms with van der Waals surface area (Å²) >= 11 is 0. The zero-order valence-corrected chi connectivity index (χ0v) is 18.5. The maximum Gasteiger partial charge on any atom is 0.124 e. The molecule has 4 N–H and O–H groups in total. The van der Waals surface area contributed by atoms with Crippen molar-refractivity contribution < 1.29 is 34.6 Å². The van der Waals surface area contributed by atoms with E-state index < -0.39 is 37.1 Å². The molecule has 1 saturated carbocycles. The van der Waals surface area contributed by atoms with E-state index in [0.29, 0.717) is 12.5 Å². The zero-order chi connectivity index (χ0) is 22.9. The summed E-state index contributed by atoms with van der Waals surface area (Å²) in [6, 6.07) is 14.2. The minimum atomic E-state index is -1.38. The number of hydrogen-bond donors (Lipinski definition) is 4. The first-order valence-corrected chi connectivity index (χ1v) is 11.8. The Morgan fingerprint density at radius 2 is 1.70 bits per heavy atom. The van der Waals surface area contributed by atoms with E-state index in [-0.39, 0.29) is 6.10 Å². The molecule has 178 valence electrons. The van der Waals surface area contributed by atoms with Gasteiger partial charge in [-0.1, -0.05) is 30.3 Å². The summed E-state index contributed by atoms with van der Waals surface area (Å²) < 4.78 is 17.1. The molecular formula is C26H32O7. The first-order chi connectivity index (χ1) is 16.0. The Hall–Kier alpha value is -2.00. The molecule has 1 aliphatic carbocycles. The summed E-state index contributed by atoms with van der Waals surface area (Å²) in [7, 11) is 0. The average Bonchev–Trinajstić information content (AvgIpc) is 3.55. The maximum absolute atomic E-state index is 10.6. The van der Waals surface area contributed by atoms with Crippen LogP contribution in [0.1, 0.15) is 53.5 Å². The van der Waals surface area contributed by atoms with Crippen molar-refractivity contribution in [1.82, 2.24) is 0 Å². The molecule has 0 amide bonds. The number of rotatable bonds is 7. The highest BCUT2D eigenvalue weighted by atomic mass is 16.5. The second-order valence-electron chi connectivity index (χ2n) is 9.41. The Bertz CT molecular complexity index is 934. The molecule has 0 aromatic heterocycles. The van der Waals surface area contributed by atoms with Gasteiger partial charge in [-0.05, 0) is 59.6 Å². The summed E-state index contributed by atoms with van der Waals surface area (Å²) in [6.07, 6.45) is -1.67. The van der Waals surface area contributed by atoms with E-state index in [1.807, 2.05) is 24.3 Å². The highest BCUT2D eigenvalue weighted by molar-refractivity contribution is 5.42. The summed E-state index contributed by atoms with van der Waals surface area (Å²) in [5.41, 5.74) is 4.34. The van der Waals surface area contributed by atoms with E-state index in [1.54, 1.807) is 0 Å². The van der Waals surface area contributed by atoms with Gasteiger partial charge in [-0.25, -0.2) is 0 Å². The molecule has 3 aliphatic rings. The van der Waals surface area contributed by atoms with Crippen molar-refractivity contribution in [1.29, 1.82) is 0 Å². The molecule has 0 unspecified atom stereocenters. The van der Waals surface area contributed by atoms with Gasteiger partial charge in [0.25, 0.3) is 0 Å². The van der Waals surface area contributed by atoms with Crippen LogP contribution < -0.4 is 4.74 Å². The summed E-state index contributed by atoms with van der Waals surface area (Å²) in [5.74, 6) is 1.39. The third-order valence-corrected chi connectivity index (χ3v) is 6.91. The van der Waals surface area contributed by atoms with Crippen molar-refractivity contribution in [2.45, 2.75) is 68.2 Å². The SMILES string of the molecule is OC[C@H]1O[C@@H](c2ccc(C3CC3)c(Cc3ccc(O[C@@H]4CCOC4)cc3)c2)[C@H](O)[C@@H](O)[C@@H]1O. The van der Waals surface area contributed by atoms with Gasteiger partial charge in [-0.3, -0.25) is 0 Å². The highest BCUT2D eigenvalue weighted by Crippen LogP contribution is 2.43. The Labute approximate surface area is 193 Å². The first-order valence-electron chi connectivity index (χ1n) is 11.8. The fraction of sp³-hybridized carbons (Fsp3) is 0.538. The van der Waals surface area contributed by atoms with Crippen LogP contribution in [-0.2, 0) is 15.9 Å². The second kappa shape index (κ2) is 9.70. The van der Waals surface area contributed by atoms with Crippen LogP contribution in [0.15, 0.2) is 42.5 Å². The lowest BCUT2D eigenvalue weighted by molar-refractivity contribution is -0.231. The number of aliphatic hydroxyl groups is 4. The van der Waals surface area contributed by atoms with E-state index in [1.165, 1.54) is 18.4 Å². The molecule has 2 aromatic carbocycles. The topological polar surface area (TPSA) is 109 Å². The van der Waals surface area contributed by atoms with Gasteiger partial charge in [0.15, 0.2) is 0 Å². The standard InChI is InChI=1S/C26H32O7/c27-13-22-23(28)24(29)25(30)26(33-22)17-5-8-21(16-3-4-16)18(12-17)11-15-1-6-19(7-2-15)32-20-9-10-31-14-20/h1-2,5-8,12,16,20,22-30H,3-4,9-11,13-14H2/t20-,22-,23-,24+,25-,26+/m1/s1. The van der Waals surface area contributed by atoms with Crippen LogP contribution in [0.5, 0.6) is 5.75 Å². The van der Waals surface area contributed by atoms with Crippen LogP contribution >= 0.6 is 0 Å². The van der Waals surface area contributed by atoms with Gasteiger partial charge in [0.2, 0.25) is 0 Å². The minimum absolute atomic E-state index is 0.118. The molecule has 6 atom stereocenters. The molecule has 3 fully saturated rings. The van der Waals surface area contributed by atoms with Gasteiger partial charge < -0.3 is 34.6 Å². The quantitative estimate of drug-likeness (QED) is 0.503. The lowest BCUT2D eigenvalue weighted by atomic mass is 9.88. The summed E-state index contributed by atoms with van der Waals surface area (Å²) in [6.45, 7) is 0.949. The van der Waals surface area contributed by atoms with Crippen molar-refractivity contribution >= 4 is 0 Å². The third kappa shape index (κ3) is 4.94. The first kappa shape index (κ1) is 22.8. The van der Waals surface area contributed by atoms with Crippen LogP contribution in [0, 0.1) is 0 Å². The van der Waals surface area contributed by atoms with Crippen molar-refractivity contribution in [3.8, 4) is 5.75 Å². The maximum atomic E-state index is 10.6. The van der Waals surface area contributed by atoms with Crippen LogP contribution in [0.3, 0.4) is 0 Å². The molecule has 2 aromatic rings. The predicted molar refractivity (Wildman–Crippen MR) is 120 cm³/mol. The van der Waals surface area contributed by atoms with E-state index in [4.69, 9.17) is 14.2 Å². The van der Waals surface area contributed by atoms with Crippen molar-refractivity contribution in [3.63, 3.8) is 0 Å². The number of aliphatic hydroxyl groups excluding tert-OH is 4. The van der Waals surface area contributed by atoms with Gasteiger partial charge in [0.05, 0.1) is 19.8 Å². The zero-order valence-electron chi connectivity index (χ0n) is 18.5. The molecule has 2 aliphatic heterocycles. The minimum Gasteiger partial charge on any atom is -0.488 e. The summed E-state index contributed by atoms with van der Waals surface area (Å²) in [4.78, 5) is 0. The number of ether oxygens (including phenoxy) is 3. The molecule has 0 radical (unpaired) electrons. The smallest absolute Gasteiger partial charge is 0.124 e. The molecule has 33 heavy (non-hydrogen) atoms. The van der Waals surface area contributed by atoms with E-state index >= 15 is 0 Å². The van der Waals surface area contributed by atoms with Gasteiger partial charge in [0.1, 0.15) is 42.4 Å². The molecular weight excluding hydrogens is 424 g/mol. The Morgan fingerprint density at radius 1 is 0.909 bits per heavy atom. The molecule has 2 saturated heterocycles. The Morgan fingerprint density at radius 3 is 2.36 bits per heavy atom. The Kier molecular flexibility index (Phi) is 6.69. The van der Waals surface area contributed by atoms with Crippen molar-refractivity contribution in [2.24, 2.45) is 0 Å². The normalized spacial score (nSPS) is 32.1. The van der Waals surface area contributed by atoms with Crippen LogP contribution in [0.4, 0.5) is 0 Å². The lowest BCUT2D eigenvalue weighted by Crippen LogP contribution is -2.55. The molecule has 0 spiro atoms. The van der Waals surface area contributed by atoms with Crippen LogP contribution in [-0.4, -0.2) is 70.8 Å². The van der Waals surface area contributed by atoms with Crippen LogP contribution in [0.25, 0.3) is 0 Å². The van der Waals surface area contributed by atoms with Crippen molar-refractivity contribution in [3.05, 3.63) is 64.7 Å². The average molecular weight is 457 g/mol. The predicted octanol–water partition coefficient (Wildman–Crippen LogP) is 1.84. The van der Waals surface area contributed by atoms with Crippen molar-refractivity contribution in [2.75, 3.05) is 19.8 Å². The molecule has 7 nitrogen and oxygen atoms in total. The van der Waals surface area contributed by atoms with Gasteiger partial charge >= 0.3 is 0 Å². The van der Waals surface area contributed by atoms with Gasteiger partial charge in [0, 0.05) is 6.42 Å². The van der Waals surface area contributed by atoms with Gasteiger partial charge in [-0.15, -0.1) is 0 Å². The van der Waals surface area contributed by atoms with E-state index in [9.17, 15) is 20.4 Å². The van der Waals surface area contributed by atoms with E-state index in [0.717, 1.165) is 41.9 Å². The molecule has 5 rings (SSSR count). The third-order valence-electron chi connectivity index (χ3n) is 6.91. The second-order valence-corrected chi connectivity index (χ2v) is 9.41. The molecule has 7 heteroatoms.